The quantitative estimate of drug-likeness (QED) is 0.842. The number of β-amino-alcohol motifs (C(OH)–C–C–N with tert-alkyl or cyclic N) is 1. The summed E-state index contributed by atoms with van der Waals surface area (Å²) in [4.78, 5) is 23.1. The number of hydrogen-bond acceptors (Lipinski definition) is 6. The maximum absolute atomic E-state index is 12.5. The number of pyridine rings is 1. The van der Waals surface area contributed by atoms with Crippen molar-refractivity contribution in [1.29, 1.82) is 0 Å². The van der Waals surface area contributed by atoms with Crippen LogP contribution in [-0.4, -0.2) is 63.5 Å². The van der Waals surface area contributed by atoms with Gasteiger partial charge in [-0.05, 0) is 19.1 Å². The maximum Gasteiger partial charge on any atom is 0.263 e. The number of aliphatic hydroxyl groups is 1. The van der Waals surface area contributed by atoms with Gasteiger partial charge in [0.05, 0.1) is 31.2 Å². The predicted molar refractivity (Wildman–Crippen MR) is 81.8 cm³/mol. The van der Waals surface area contributed by atoms with E-state index >= 15 is 0 Å². The third kappa shape index (κ3) is 3.16. The largest absolute Gasteiger partial charge is 0.390 e. The van der Waals surface area contributed by atoms with E-state index < -0.39 is 6.10 Å². The van der Waals surface area contributed by atoms with Crippen molar-refractivity contribution in [2.24, 2.45) is 0 Å². The van der Waals surface area contributed by atoms with Crippen molar-refractivity contribution in [1.82, 2.24) is 19.4 Å². The number of morpholine rings is 1. The molecule has 0 amide bonds. The van der Waals surface area contributed by atoms with Gasteiger partial charge in [-0.3, -0.25) is 14.3 Å². The molecule has 1 aliphatic rings. The van der Waals surface area contributed by atoms with Gasteiger partial charge in [0, 0.05) is 25.8 Å². The number of hydrogen-bond donors (Lipinski definition) is 1. The van der Waals surface area contributed by atoms with Crippen LogP contribution in [0.5, 0.6) is 0 Å². The second-order valence-electron chi connectivity index (χ2n) is 5.52. The van der Waals surface area contributed by atoms with Crippen LogP contribution in [-0.2, 0) is 11.3 Å². The van der Waals surface area contributed by atoms with Crippen molar-refractivity contribution in [3.8, 4) is 0 Å². The maximum atomic E-state index is 12.5. The molecule has 7 heteroatoms. The first-order valence-electron chi connectivity index (χ1n) is 7.45. The van der Waals surface area contributed by atoms with E-state index in [-0.39, 0.29) is 12.1 Å². The van der Waals surface area contributed by atoms with Gasteiger partial charge in [-0.25, -0.2) is 9.97 Å². The molecule has 1 unspecified atom stereocenters. The molecule has 1 aliphatic heterocycles. The van der Waals surface area contributed by atoms with Crippen LogP contribution >= 0.6 is 0 Å². The van der Waals surface area contributed by atoms with E-state index in [0.29, 0.717) is 36.6 Å². The molecule has 118 valence electrons. The molecular formula is C15H20N4O3. The fourth-order valence-corrected chi connectivity index (χ4v) is 2.72. The van der Waals surface area contributed by atoms with Gasteiger partial charge >= 0.3 is 0 Å². The number of fused-ring (bicyclic) bond motifs is 1. The van der Waals surface area contributed by atoms with Crippen molar-refractivity contribution in [3.05, 3.63) is 34.5 Å². The molecule has 0 radical (unpaired) electrons. The topological polar surface area (TPSA) is 80.5 Å². The lowest BCUT2D eigenvalue weighted by atomic mass is 10.2. The minimum Gasteiger partial charge on any atom is -0.390 e. The van der Waals surface area contributed by atoms with Crippen LogP contribution in [0.2, 0.25) is 0 Å². The lowest BCUT2D eigenvalue weighted by Crippen LogP contribution is -2.43. The fraction of sp³-hybridized carbons (Fsp3) is 0.533. The Bertz CT molecular complexity index is 709. The Balaban J connectivity index is 1.79. The average molecular weight is 304 g/mol. The third-order valence-electron chi connectivity index (χ3n) is 3.89. The summed E-state index contributed by atoms with van der Waals surface area (Å²) in [5, 5.41) is 10.8. The van der Waals surface area contributed by atoms with E-state index in [1.165, 1.54) is 4.57 Å². The van der Waals surface area contributed by atoms with Crippen LogP contribution in [0.15, 0.2) is 23.1 Å². The lowest BCUT2D eigenvalue weighted by molar-refractivity contribution is 0.0112. The summed E-state index contributed by atoms with van der Waals surface area (Å²) in [7, 11) is 0. The number of rotatable bonds is 4. The zero-order chi connectivity index (χ0) is 15.5. The minimum atomic E-state index is -0.620. The van der Waals surface area contributed by atoms with Crippen LogP contribution in [0, 0.1) is 6.92 Å². The number of aromatic nitrogens is 3. The highest BCUT2D eigenvalue weighted by Crippen LogP contribution is 2.06. The number of nitrogens with zero attached hydrogens (tertiary/aromatic N) is 4. The molecule has 3 rings (SSSR count). The molecule has 1 saturated heterocycles. The highest BCUT2D eigenvalue weighted by atomic mass is 16.5. The second kappa shape index (κ2) is 6.51. The first-order chi connectivity index (χ1) is 10.6. The standard InChI is InChI=1S/C15H20N4O3/c1-11-17-14-13(3-2-4-16-14)15(21)19(11)10-12(20)9-18-5-7-22-8-6-18/h2-4,12,20H,5-10H2,1H3. The average Bonchev–Trinajstić information content (AvgIpc) is 2.52. The highest BCUT2D eigenvalue weighted by molar-refractivity contribution is 5.72. The molecule has 2 aromatic rings. The number of ether oxygens (including phenoxy) is 1. The molecule has 2 aromatic heterocycles. The van der Waals surface area contributed by atoms with Gasteiger partial charge in [0.25, 0.3) is 5.56 Å². The molecule has 0 aromatic carbocycles. The van der Waals surface area contributed by atoms with Gasteiger partial charge in [-0.15, -0.1) is 0 Å². The smallest absolute Gasteiger partial charge is 0.263 e. The fourth-order valence-electron chi connectivity index (χ4n) is 2.72. The Morgan fingerprint density at radius 2 is 2.14 bits per heavy atom. The van der Waals surface area contributed by atoms with Gasteiger partial charge in [0.15, 0.2) is 5.65 Å². The summed E-state index contributed by atoms with van der Waals surface area (Å²) in [6, 6.07) is 3.43. The molecule has 1 N–H and O–H groups in total. The first kappa shape index (κ1) is 15.1. The first-order valence-corrected chi connectivity index (χ1v) is 7.45. The molecule has 0 bridgehead atoms. The second-order valence-corrected chi connectivity index (χ2v) is 5.52. The van der Waals surface area contributed by atoms with Crippen molar-refractivity contribution < 1.29 is 9.84 Å². The monoisotopic (exact) mass is 304 g/mol. The molecule has 0 aliphatic carbocycles. The van der Waals surface area contributed by atoms with E-state index in [9.17, 15) is 9.90 Å². The van der Waals surface area contributed by atoms with Gasteiger partial charge in [0.1, 0.15) is 5.82 Å². The number of aryl methyl sites for hydroxylation is 1. The van der Waals surface area contributed by atoms with Crippen molar-refractivity contribution in [2.45, 2.75) is 19.6 Å². The summed E-state index contributed by atoms with van der Waals surface area (Å²) in [6.07, 6.45) is 0.997. The molecule has 0 spiro atoms. The van der Waals surface area contributed by atoms with E-state index in [1.807, 2.05) is 0 Å². The molecule has 7 nitrogen and oxygen atoms in total. The van der Waals surface area contributed by atoms with Crippen LogP contribution in [0.25, 0.3) is 11.0 Å². The normalized spacial score (nSPS) is 17.7. The van der Waals surface area contributed by atoms with Crippen LogP contribution in [0.4, 0.5) is 0 Å². The summed E-state index contributed by atoms with van der Waals surface area (Å²) < 4.78 is 6.81. The van der Waals surface area contributed by atoms with E-state index in [2.05, 4.69) is 14.9 Å². The minimum absolute atomic E-state index is 0.156. The van der Waals surface area contributed by atoms with E-state index in [0.717, 1.165) is 13.1 Å². The summed E-state index contributed by atoms with van der Waals surface area (Å²) in [5.41, 5.74) is 0.292. The summed E-state index contributed by atoms with van der Waals surface area (Å²) in [6.45, 7) is 5.52. The Kier molecular flexibility index (Phi) is 4.47. The molecule has 1 atom stereocenters. The molecule has 0 saturated carbocycles. The number of aliphatic hydroxyl groups excluding tert-OH is 1. The molecule has 1 fully saturated rings. The summed E-state index contributed by atoms with van der Waals surface area (Å²) >= 11 is 0. The summed E-state index contributed by atoms with van der Waals surface area (Å²) in [5.74, 6) is 0.567. The predicted octanol–water partition coefficient (Wildman–Crippen LogP) is -0.207. The molecule has 22 heavy (non-hydrogen) atoms. The van der Waals surface area contributed by atoms with Gasteiger partial charge in [-0.1, -0.05) is 0 Å². The zero-order valence-corrected chi connectivity index (χ0v) is 12.6. The van der Waals surface area contributed by atoms with Gasteiger partial charge in [-0.2, -0.15) is 0 Å². The van der Waals surface area contributed by atoms with Crippen molar-refractivity contribution in [2.75, 3.05) is 32.8 Å². The Morgan fingerprint density at radius 1 is 1.36 bits per heavy atom. The Hall–Kier alpha value is -1.83. The third-order valence-corrected chi connectivity index (χ3v) is 3.89. The highest BCUT2D eigenvalue weighted by Gasteiger charge is 2.17. The van der Waals surface area contributed by atoms with Crippen molar-refractivity contribution >= 4 is 11.0 Å². The SMILES string of the molecule is Cc1nc2ncccc2c(=O)n1CC(O)CN1CCOCC1. The Labute approximate surface area is 128 Å². The Morgan fingerprint density at radius 3 is 2.91 bits per heavy atom. The zero-order valence-electron chi connectivity index (χ0n) is 12.6. The van der Waals surface area contributed by atoms with Gasteiger partial charge in [0.2, 0.25) is 0 Å². The van der Waals surface area contributed by atoms with Crippen LogP contribution in [0.3, 0.4) is 0 Å². The van der Waals surface area contributed by atoms with E-state index in [1.54, 1.807) is 25.3 Å². The lowest BCUT2D eigenvalue weighted by Gasteiger charge is -2.28. The van der Waals surface area contributed by atoms with Crippen LogP contribution in [0.1, 0.15) is 5.82 Å². The van der Waals surface area contributed by atoms with Gasteiger partial charge < -0.3 is 9.84 Å². The van der Waals surface area contributed by atoms with Crippen LogP contribution < -0.4 is 5.56 Å². The van der Waals surface area contributed by atoms with E-state index in [4.69, 9.17) is 4.74 Å². The van der Waals surface area contributed by atoms with Crippen molar-refractivity contribution in [3.63, 3.8) is 0 Å². The molecular weight excluding hydrogens is 284 g/mol. The molecule has 3 heterocycles.